The molecule has 0 fully saturated rings. The van der Waals surface area contributed by atoms with Crippen LogP contribution in [0.15, 0.2) is 233 Å². The summed E-state index contributed by atoms with van der Waals surface area (Å²) in [5.74, 6) is 0. The summed E-state index contributed by atoms with van der Waals surface area (Å²) in [4.78, 5) is 37.2. The third-order valence-electron chi connectivity index (χ3n) is 5.72. The van der Waals surface area contributed by atoms with Crippen molar-refractivity contribution >= 4 is 0 Å². The predicted octanol–water partition coefficient (Wildman–Crippen LogP) is 14.9. The normalized spacial score (nSPS) is 7.01. The van der Waals surface area contributed by atoms with E-state index in [2.05, 4.69) is 37.2 Å². The van der Waals surface area contributed by atoms with E-state index in [-0.39, 0.29) is 201 Å². The Labute approximate surface area is 621 Å². The van der Waals surface area contributed by atoms with Crippen LogP contribution in [0, 0.1) is 37.1 Å². The van der Waals surface area contributed by atoms with Gasteiger partial charge in [-0.25, -0.2) is 28.1 Å². The molecule has 10 nitrogen and oxygen atoms in total. The van der Waals surface area contributed by atoms with E-state index in [4.69, 9.17) is 0 Å². The molecule has 6 aromatic carbocycles. The van der Waals surface area contributed by atoms with E-state index >= 15 is 0 Å². The molecule has 0 amide bonds. The van der Waals surface area contributed by atoms with Gasteiger partial charge in [0.1, 0.15) is 0 Å². The third-order valence-corrected chi connectivity index (χ3v) is 5.72. The van der Waals surface area contributed by atoms with Gasteiger partial charge in [0.2, 0.25) is 0 Å². The molecule has 0 bridgehead atoms. The summed E-state index contributed by atoms with van der Waals surface area (Å²) in [6.07, 6.45) is 2.50. The number of methoxy groups -OCH3 is 2. The van der Waals surface area contributed by atoms with Gasteiger partial charge in [-0.3, -0.25) is 0 Å². The molecule has 0 aliphatic heterocycles. The van der Waals surface area contributed by atoms with Gasteiger partial charge in [-0.05, 0) is 42.3 Å². The van der Waals surface area contributed by atoms with Gasteiger partial charge < -0.3 is 56.4 Å². The minimum absolute atomic E-state index is 0. The van der Waals surface area contributed by atoms with Gasteiger partial charge >= 0.3 is 17.1 Å². The summed E-state index contributed by atoms with van der Waals surface area (Å²) in [6.45, 7) is 12.5. The van der Waals surface area contributed by atoms with Crippen LogP contribution in [-0.4, -0.2) is 94.2 Å². The SMILES string of the molecule is CC.CCC.CCC.CN(C)C.CN(C)C.COC.COC.Cn1c(=O)n(C)c(=O)n(C)c1=O.[CH3-].[CH3-].[CH3-].[CH3-].[CH3-].[Y].[Y].[Y].[Y].[Y].c1ccccc1.c1ccccc1.c1ccccc1.c1ccccc1.c1ccccc1.c1ccccc1. The Morgan fingerprint density at radius 2 is 0.312 bits per heavy atom. The van der Waals surface area contributed by atoms with Crippen LogP contribution in [0.4, 0.5) is 0 Å². The molecule has 0 spiro atoms. The van der Waals surface area contributed by atoms with Gasteiger partial charge in [0.15, 0.2) is 0 Å². The quantitative estimate of drug-likeness (QED) is 0.140. The zero-order valence-electron chi connectivity index (χ0n) is 54.9. The second kappa shape index (κ2) is 117. The molecule has 0 atom stereocenters. The number of benzene rings is 6. The molecular weight excluding hydrogens is 1380 g/mol. The number of hydrogen-bond donors (Lipinski definition) is 0. The number of aromatic nitrogens is 3. The van der Waals surface area contributed by atoms with Crippen LogP contribution in [0.25, 0.3) is 0 Å². The summed E-state index contributed by atoms with van der Waals surface area (Å²) in [6, 6.07) is 72.0. The van der Waals surface area contributed by atoms with Crippen molar-refractivity contribution in [2.24, 2.45) is 21.1 Å². The Hall–Kier alpha value is -0.911. The van der Waals surface area contributed by atoms with Crippen molar-refractivity contribution in [3.05, 3.63) is 287 Å². The van der Waals surface area contributed by atoms with E-state index < -0.39 is 17.1 Å². The van der Waals surface area contributed by atoms with Crippen molar-refractivity contribution in [3.8, 4) is 0 Å². The topological polar surface area (TPSA) is 90.9 Å². The van der Waals surface area contributed by atoms with Crippen molar-refractivity contribution in [1.29, 1.82) is 0 Å². The molecule has 5 radical (unpaired) electrons. The van der Waals surface area contributed by atoms with E-state index in [0.717, 1.165) is 13.7 Å². The molecule has 1 heterocycles. The molecule has 7 rings (SSSR count). The average molecular weight is 1490 g/mol. The maximum absolute atomic E-state index is 11.1. The summed E-state index contributed by atoms with van der Waals surface area (Å²) in [5, 5.41) is 0. The van der Waals surface area contributed by atoms with Crippen molar-refractivity contribution in [2.75, 3.05) is 70.7 Å². The third kappa shape index (κ3) is 128. The average Bonchev–Trinajstić information content (AvgIpc) is 3.40. The molecule has 0 saturated heterocycles. The number of ether oxygens (including phenoxy) is 2. The van der Waals surface area contributed by atoms with Crippen molar-refractivity contribution in [1.82, 2.24) is 23.5 Å². The Morgan fingerprint density at radius 3 is 0.350 bits per heavy atom. The van der Waals surface area contributed by atoms with E-state index in [0.29, 0.717) is 0 Å². The van der Waals surface area contributed by atoms with Crippen LogP contribution in [-0.2, 0) is 194 Å². The summed E-state index contributed by atoms with van der Waals surface area (Å²) in [7, 11) is 22.5. The van der Waals surface area contributed by atoms with Crippen LogP contribution < -0.4 is 17.1 Å². The molecule has 7 aromatic rings. The minimum atomic E-state index is -0.608. The fourth-order valence-corrected chi connectivity index (χ4v) is 3.23. The Balaban J connectivity index is -0.0000000361. The molecule has 0 saturated carbocycles. The second-order valence-corrected chi connectivity index (χ2v) is 14.4. The maximum atomic E-state index is 11.1. The summed E-state index contributed by atoms with van der Waals surface area (Å²) >= 11 is 0. The molecule has 0 unspecified atom stereocenters. The molecule has 447 valence electrons. The van der Waals surface area contributed by atoms with Crippen LogP contribution >= 0.6 is 0 Å². The largest absolute Gasteiger partial charge is 0.388 e. The standard InChI is InChI=1S/C6H9N3O3.6C6H6.2C3H9N.2C3H8.2C2H6O.C2H6.5CH3.5Y/c1-7-4(10)8(2)6(12)9(3)5(7)11;6*1-2-4-6-5-3-1;2*1-4(2)3;4*1-3-2;1-2;;;;;;;;;;/h1-3H3;6*1-6H;2*1-3H3;2*3H2,1-2H3;2*1-2H3;1-2H3;5*1H3;;;;;/q;;;;;;;;;;;;;;5*-1;;;;;. The molecule has 1 aromatic heterocycles. The fraction of sp³-hybridized carbons (Fsp3) is 0.323. The fourth-order valence-electron chi connectivity index (χ4n) is 3.23. The Morgan fingerprint density at radius 1 is 0.275 bits per heavy atom. The van der Waals surface area contributed by atoms with Crippen LogP contribution in [0.3, 0.4) is 0 Å². The van der Waals surface area contributed by atoms with Crippen LogP contribution in [0.5, 0.6) is 0 Å². The van der Waals surface area contributed by atoms with E-state index in [1.54, 1.807) is 28.4 Å². The zero-order chi connectivity index (χ0) is 54.9. The smallest absolute Gasteiger partial charge is 0.335 e. The molecular formula is C65H112N5O5Y5-5. The maximum Gasteiger partial charge on any atom is 0.335 e. The van der Waals surface area contributed by atoms with Crippen molar-refractivity contribution in [2.45, 2.75) is 54.4 Å². The van der Waals surface area contributed by atoms with Crippen LogP contribution in [0.1, 0.15) is 54.4 Å². The first-order valence-electron chi connectivity index (χ1n) is 23.4. The van der Waals surface area contributed by atoms with E-state index in [1.807, 2.05) is 284 Å². The number of hydrogen-bond acceptors (Lipinski definition) is 7. The number of nitrogens with zero attached hydrogens (tertiary/aromatic N) is 5. The molecule has 80 heavy (non-hydrogen) atoms. The van der Waals surface area contributed by atoms with Crippen molar-refractivity contribution < 1.29 is 173 Å². The first-order valence-corrected chi connectivity index (χ1v) is 23.4. The van der Waals surface area contributed by atoms with Gasteiger partial charge in [-0.1, -0.05) is 273 Å². The monoisotopic (exact) mass is 1490 g/mol. The van der Waals surface area contributed by atoms with Gasteiger partial charge in [0, 0.05) is 213 Å². The summed E-state index contributed by atoms with van der Waals surface area (Å²) in [5.41, 5.74) is -1.82. The van der Waals surface area contributed by atoms with Crippen LogP contribution in [0.2, 0.25) is 0 Å². The first-order chi connectivity index (χ1) is 33.6. The Bertz CT molecular complexity index is 1520. The first kappa shape index (κ1) is 125. The summed E-state index contributed by atoms with van der Waals surface area (Å²) < 4.78 is 11.1. The predicted molar refractivity (Wildman–Crippen MR) is 341 cm³/mol. The van der Waals surface area contributed by atoms with E-state index in [9.17, 15) is 14.4 Å². The van der Waals surface area contributed by atoms with Gasteiger partial charge in [-0.15, -0.1) is 0 Å². The Kier molecular flexibility index (Phi) is 182. The van der Waals surface area contributed by atoms with Gasteiger partial charge in [0.25, 0.3) is 0 Å². The van der Waals surface area contributed by atoms with Gasteiger partial charge in [-0.2, -0.15) is 0 Å². The molecule has 0 N–H and O–H groups in total. The van der Waals surface area contributed by atoms with Crippen molar-refractivity contribution in [3.63, 3.8) is 0 Å². The second-order valence-electron chi connectivity index (χ2n) is 14.4. The molecule has 0 aliphatic rings. The number of rotatable bonds is 0. The molecule has 15 heteroatoms. The molecule has 0 aliphatic carbocycles. The van der Waals surface area contributed by atoms with E-state index in [1.165, 1.54) is 34.0 Å². The van der Waals surface area contributed by atoms with Gasteiger partial charge in [0.05, 0.1) is 0 Å². The zero-order valence-corrected chi connectivity index (χ0v) is 69.1. The minimum Gasteiger partial charge on any atom is -0.388 e.